The van der Waals surface area contributed by atoms with Crippen LogP contribution in [-0.4, -0.2) is 13.7 Å². The zero-order chi connectivity index (χ0) is 11.8. The van der Waals surface area contributed by atoms with Crippen LogP contribution >= 0.6 is 0 Å². The Labute approximate surface area is 98.3 Å². The highest BCUT2D eigenvalue weighted by Crippen LogP contribution is 2.17. The molecule has 1 rings (SSSR count). The number of ether oxygens (including phenoxy) is 1. The second-order valence-electron chi connectivity index (χ2n) is 3.86. The number of allylic oxidation sites excluding steroid dienone is 1. The van der Waals surface area contributed by atoms with E-state index in [1.54, 1.807) is 0 Å². The van der Waals surface area contributed by atoms with Gasteiger partial charge in [0.2, 0.25) is 0 Å². The quantitative estimate of drug-likeness (QED) is 0.561. The van der Waals surface area contributed by atoms with E-state index in [1.807, 2.05) is 25.3 Å². The summed E-state index contributed by atoms with van der Waals surface area (Å²) in [4.78, 5) is 0. The smallest absolute Gasteiger partial charge is 0.119 e. The summed E-state index contributed by atoms with van der Waals surface area (Å²) in [5.74, 6) is 0.941. The van der Waals surface area contributed by atoms with Gasteiger partial charge in [-0.25, -0.2) is 0 Å². The molecule has 1 unspecified atom stereocenters. The molecule has 1 aromatic carbocycles. The summed E-state index contributed by atoms with van der Waals surface area (Å²) in [6, 6.07) is 8.64. The maximum Gasteiger partial charge on any atom is 0.119 e. The Balaban J connectivity index is 2.42. The van der Waals surface area contributed by atoms with E-state index in [1.165, 1.54) is 5.56 Å². The average molecular weight is 219 g/mol. The Morgan fingerprint density at radius 3 is 2.62 bits per heavy atom. The van der Waals surface area contributed by atoms with E-state index >= 15 is 0 Å². The maximum atomic E-state index is 5.61. The van der Waals surface area contributed by atoms with Crippen molar-refractivity contribution in [2.24, 2.45) is 0 Å². The summed E-state index contributed by atoms with van der Waals surface area (Å²) >= 11 is 0. The van der Waals surface area contributed by atoms with Gasteiger partial charge < -0.3 is 10.1 Å². The van der Waals surface area contributed by atoms with E-state index in [9.17, 15) is 0 Å². The van der Waals surface area contributed by atoms with Crippen LogP contribution in [-0.2, 0) is 0 Å². The van der Waals surface area contributed by atoms with Crippen LogP contribution in [0.5, 0.6) is 5.75 Å². The Kier molecular flexibility index (Phi) is 5.65. The van der Waals surface area contributed by atoms with Crippen LogP contribution in [0, 0.1) is 0 Å². The molecule has 2 heteroatoms. The number of hydrogen-bond donors (Lipinski definition) is 1. The van der Waals surface area contributed by atoms with Gasteiger partial charge in [0.25, 0.3) is 0 Å². The minimum absolute atomic E-state index is 0.384. The molecule has 1 N–H and O–H groups in total. The van der Waals surface area contributed by atoms with Crippen LogP contribution in [0.3, 0.4) is 0 Å². The van der Waals surface area contributed by atoms with Crippen molar-refractivity contribution in [3.05, 3.63) is 42.5 Å². The number of benzene rings is 1. The van der Waals surface area contributed by atoms with Gasteiger partial charge in [0.05, 0.1) is 6.61 Å². The maximum absolute atomic E-state index is 5.61. The highest BCUT2D eigenvalue weighted by molar-refractivity contribution is 5.28. The van der Waals surface area contributed by atoms with E-state index in [4.69, 9.17) is 4.74 Å². The molecular weight excluding hydrogens is 198 g/mol. The van der Waals surface area contributed by atoms with Crippen molar-refractivity contribution in [3.8, 4) is 5.75 Å². The minimum atomic E-state index is 0.384. The molecule has 16 heavy (non-hydrogen) atoms. The van der Waals surface area contributed by atoms with Crippen molar-refractivity contribution in [2.75, 3.05) is 13.7 Å². The molecule has 0 spiro atoms. The molecule has 0 heterocycles. The molecule has 88 valence electrons. The Bertz CT molecular complexity index is 305. The number of rotatable bonds is 7. The molecule has 0 amide bonds. The first-order valence-corrected chi connectivity index (χ1v) is 5.79. The molecule has 0 aliphatic rings. The third-order valence-electron chi connectivity index (χ3n) is 2.63. The summed E-state index contributed by atoms with van der Waals surface area (Å²) in [6.07, 6.45) is 3.95. The molecule has 1 atom stereocenters. The molecule has 0 aliphatic carbocycles. The lowest BCUT2D eigenvalue weighted by atomic mass is 10.1. The highest BCUT2D eigenvalue weighted by atomic mass is 16.5. The van der Waals surface area contributed by atoms with Crippen molar-refractivity contribution >= 4 is 0 Å². The predicted molar refractivity (Wildman–Crippen MR) is 68.8 cm³/mol. The van der Waals surface area contributed by atoms with E-state index in [-0.39, 0.29) is 0 Å². The monoisotopic (exact) mass is 219 g/mol. The van der Waals surface area contributed by atoms with Gasteiger partial charge in [-0.15, -0.1) is 6.58 Å². The van der Waals surface area contributed by atoms with Gasteiger partial charge in [-0.1, -0.05) is 18.2 Å². The SMILES string of the molecule is C=CCCCOc1ccc(C(C)NC)cc1. The fraction of sp³-hybridized carbons (Fsp3) is 0.429. The van der Waals surface area contributed by atoms with Gasteiger partial charge in [0, 0.05) is 6.04 Å². The van der Waals surface area contributed by atoms with Crippen LogP contribution in [0.1, 0.15) is 31.4 Å². The molecular formula is C14H21NO. The number of hydrogen-bond acceptors (Lipinski definition) is 2. The topological polar surface area (TPSA) is 21.3 Å². The van der Waals surface area contributed by atoms with E-state index in [2.05, 4.69) is 31.0 Å². The van der Waals surface area contributed by atoms with E-state index in [0.717, 1.165) is 25.2 Å². The number of unbranched alkanes of at least 4 members (excludes halogenated alkanes) is 1. The summed E-state index contributed by atoms with van der Waals surface area (Å²) in [5.41, 5.74) is 1.28. The summed E-state index contributed by atoms with van der Waals surface area (Å²) < 4.78 is 5.61. The predicted octanol–water partition coefficient (Wildman–Crippen LogP) is 3.31. The number of nitrogens with one attached hydrogen (secondary N) is 1. The van der Waals surface area contributed by atoms with Crippen LogP contribution in [0.25, 0.3) is 0 Å². The largest absolute Gasteiger partial charge is 0.494 e. The normalized spacial score (nSPS) is 12.1. The van der Waals surface area contributed by atoms with Crippen molar-refractivity contribution in [3.63, 3.8) is 0 Å². The average Bonchev–Trinajstić information content (AvgIpc) is 2.34. The molecule has 0 radical (unpaired) electrons. The molecule has 0 fully saturated rings. The Hall–Kier alpha value is -1.28. The van der Waals surface area contributed by atoms with Crippen LogP contribution in [0.2, 0.25) is 0 Å². The second-order valence-corrected chi connectivity index (χ2v) is 3.86. The molecule has 0 saturated heterocycles. The lowest BCUT2D eigenvalue weighted by molar-refractivity contribution is 0.312. The van der Waals surface area contributed by atoms with Crippen LogP contribution in [0.15, 0.2) is 36.9 Å². The zero-order valence-corrected chi connectivity index (χ0v) is 10.2. The van der Waals surface area contributed by atoms with E-state index < -0.39 is 0 Å². The Morgan fingerprint density at radius 1 is 1.38 bits per heavy atom. The molecule has 0 aliphatic heterocycles. The first-order valence-electron chi connectivity index (χ1n) is 5.79. The van der Waals surface area contributed by atoms with Gasteiger partial charge in [-0.3, -0.25) is 0 Å². The van der Waals surface area contributed by atoms with Gasteiger partial charge in [0.15, 0.2) is 0 Å². The lowest BCUT2D eigenvalue weighted by Crippen LogP contribution is -2.11. The fourth-order valence-electron chi connectivity index (χ4n) is 1.44. The minimum Gasteiger partial charge on any atom is -0.494 e. The molecule has 0 saturated carbocycles. The zero-order valence-electron chi connectivity index (χ0n) is 10.2. The van der Waals surface area contributed by atoms with Crippen molar-refractivity contribution in [2.45, 2.75) is 25.8 Å². The molecule has 0 bridgehead atoms. The van der Waals surface area contributed by atoms with Gasteiger partial charge in [-0.05, 0) is 44.5 Å². The fourth-order valence-corrected chi connectivity index (χ4v) is 1.44. The van der Waals surface area contributed by atoms with Gasteiger partial charge in [-0.2, -0.15) is 0 Å². The highest BCUT2D eigenvalue weighted by Gasteiger charge is 2.01. The summed E-state index contributed by atoms with van der Waals surface area (Å²) in [6.45, 7) is 6.58. The van der Waals surface area contributed by atoms with Crippen molar-refractivity contribution < 1.29 is 4.74 Å². The molecule has 2 nitrogen and oxygen atoms in total. The standard InChI is InChI=1S/C14H21NO/c1-4-5-6-11-16-14-9-7-13(8-10-14)12(2)15-3/h4,7-10,12,15H,1,5-6,11H2,2-3H3. The second kappa shape index (κ2) is 7.07. The Morgan fingerprint density at radius 2 is 2.06 bits per heavy atom. The van der Waals surface area contributed by atoms with Gasteiger partial charge in [0.1, 0.15) is 5.75 Å². The third-order valence-corrected chi connectivity index (χ3v) is 2.63. The van der Waals surface area contributed by atoms with Crippen LogP contribution in [0.4, 0.5) is 0 Å². The first-order chi connectivity index (χ1) is 7.77. The van der Waals surface area contributed by atoms with Crippen molar-refractivity contribution in [1.82, 2.24) is 5.32 Å². The summed E-state index contributed by atoms with van der Waals surface area (Å²) in [5, 5.41) is 3.21. The van der Waals surface area contributed by atoms with Crippen LogP contribution < -0.4 is 10.1 Å². The first kappa shape index (κ1) is 12.8. The van der Waals surface area contributed by atoms with E-state index in [0.29, 0.717) is 6.04 Å². The van der Waals surface area contributed by atoms with Crippen molar-refractivity contribution in [1.29, 1.82) is 0 Å². The summed E-state index contributed by atoms with van der Waals surface area (Å²) in [7, 11) is 1.96. The molecule has 0 aromatic heterocycles. The third kappa shape index (κ3) is 4.07. The lowest BCUT2D eigenvalue weighted by Gasteiger charge is -2.11. The molecule has 1 aromatic rings. The van der Waals surface area contributed by atoms with Gasteiger partial charge >= 0.3 is 0 Å².